The highest BCUT2D eigenvalue weighted by Gasteiger charge is 2.06. The van der Waals surface area contributed by atoms with Gasteiger partial charge in [0.1, 0.15) is 5.15 Å². The molecule has 0 atom stereocenters. The van der Waals surface area contributed by atoms with Crippen LogP contribution in [0, 0.1) is 0 Å². The average Bonchev–Trinajstić information content (AvgIpc) is 2.31. The van der Waals surface area contributed by atoms with Crippen LogP contribution in [0.5, 0.6) is 5.88 Å². The lowest BCUT2D eigenvalue weighted by Crippen LogP contribution is -2.24. The summed E-state index contributed by atoms with van der Waals surface area (Å²) in [5.41, 5.74) is 0.834. The Morgan fingerprint density at radius 1 is 1.53 bits per heavy atom. The predicted molar refractivity (Wildman–Crippen MR) is 64.1 cm³/mol. The van der Waals surface area contributed by atoms with E-state index in [0.717, 1.165) is 5.56 Å². The molecule has 0 bridgehead atoms. The van der Waals surface area contributed by atoms with Crippen molar-refractivity contribution in [3.05, 3.63) is 22.8 Å². The lowest BCUT2D eigenvalue weighted by atomic mass is 10.2. The zero-order valence-corrected chi connectivity index (χ0v) is 10.6. The standard InChI is InChI=1S/C11H15ClN2O3/c1-3-17-10(15)7-13-6-8-4-5-9(12)14-11(8)16-2/h4-5,13H,3,6-7H2,1-2H3. The zero-order chi connectivity index (χ0) is 12.7. The molecule has 0 aliphatic rings. The molecular formula is C11H15ClN2O3. The van der Waals surface area contributed by atoms with E-state index in [0.29, 0.717) is 24.2 Å². The normalized spacial score (nSPS) is 10.1. The number of methoxy groups -OCH3 is 1. The molecule has 0 spiro atoms. The van der Waals surface area contributed by atoms with Crippen molar-refractivity contribution < 1.29 is 14.3 Å². The molecule has 1 aromatic rings. The van der Waals surface area contributed by atoms with Gasteiger partial charge in [0, 0.05) is 12.1 Å². The number of hydrogen-bond donors (Lipinski definition) is 1. The summed E-state index contributed by atoms with van der Waals surface area (Å²) >= 11 is 5.74. The molecule has 0 saturated carbocycles. The first-order chi connectivity index (χ1) is 8.17. The number of ether oxygens (including phenoxy) is 2. The molecule has 0 aliphatic heterocycles. The van der Waals surface area contributed by atoms with Gasteiger partial charge in [0.25, 0.3) is 0 Å². The fourth-order valence-electron chi connectivity index (χ4n) is 1.27. The largest absolute Gasteiger partial charge is 0.481 e. The molecule has 0 saturated heterocycles. The van der Waals surface area contributed by atoms with E-state index in [1.807, 2.05) is 0 Å². The smallest absolute Gasteiger partial charge is 0.319 e. The highest BCUT2D eigenvalue weighted by molar-refractivity contribution is 6.29. The number of carbonyl (C=O) groups is 1. The molecule has 94 valence electrons. The van der Waals surface area contributed by atoms with E-state index in [1.54, 1.807) is 19.1 Å². The Kier molecular flexibility index (Phi) is 5.72. The highest BCUT2D eigenvalue weighted by atomic mass is 35.5. The number of carbonyl (C=O) groups excluding carboxylic acids is 1. The van der Waals surface area contributed by atoms with Crippen LogP contribution in [0.2, 0.25) is 5.15 Å². The van der Waals surface area contributed by atoms with Gasteiger partial charge < -0.3 is 14.8 Å². The van der Waals surface area contributed by atoms with E-state index in [4.69, 9.17) is 21.1 Å². The Hall–Kier alpha value is -1.33. The Labute approximate surface area is 105 Å². The van der Waals surface area contributed by atoms with Gasteiger partial charge in [-0.1, -0.05) is 11.6 Å². The summed E-state index contributed by atoms with van der Waals surface area (Å²) in [6, 6.07) is 3.47. The number of esters is 1. The van der Waals surface area contributed by atoms with E-state index >= 15 is 0 Å². The molecule has 0 fully saturated rings. The Morgan fingerprint density at radius 3 is 2.94 bits per heavy atom. The van der Waals surface area contributed by atoms with Crippen LogP contribution in [0.4, 0.5) is 0 Å². The van der Waals surface area contributed by atoms with Gasteiger partial charge in [-0.05, 0) is 19.1 Å². The van der Waals surface area contributed by atoms with Gasteiger partial charge in [0.05, 0.1) is 20.3 Å². The molecule has 1 rings (SSSR count). The first-order valence-electron chi connectivity index (χ1n) is 5.23. The van der Waals surface area contributed by atoms with E-state index < -0.39 is 0 Å². The van der Waals surface area contributed by atoms with E-state index in [9.17, 15) is 4.79 Å². The lowest BCUT2D eigenvalue weighted by Gasteiger charge is -2.08. The Morgan fingerprint density at radius 2 is 2.29 bits per heavy atom. The van der Waals surface area contributed by atoms with Gasteiger partial charge in [-0.3, -0.25) is 4.79 Å². The molecule has 1 N–H and O–H groups in total. The summed E-state index contributed by atoms with van der Waals surface area (Å²) in [5.74, 6) is 0.169. The monoisotopic (exact) mass is 258 g/mol. The van der Waals surface area contributed by atoms with Crippen molar-refractivity contribution in [3.63, 3.8) is 0 Å². The lowest BCUT2D eigenvalue weighted by molar-refractivity contribution is -0.142. The predicted octanol–water partition coefficient (Wildman–Crippen LogP) is 1.40. The molecule has 5 nitrogen and oxygen atoms in total. The number of nitrogens with one attached hydrogen (secondary N) is 1. The van der Waals surface area contributed by atoms with Crippen LogP contribution in [0.1, 0.15) is 12.5 Å². The van der Waals surface area contributed by atoms with Crippen LogP contribution in [0.3, 0.4) is 0 Å². The van der Waals surface area contributed by atoms with Gasteiger partial charge in [-0.2, -0.15) is 0 Å². The molecule has 0 unspecified atom stereocenters. The summed E-state index contributed by atoms with van der Waals surface area (Å²) in [7, 11) is 1.52. The molecule has 1 aromatic heterocycles. The molecule has 0 aromatic carbocycles. The number of pyridine rings is 1. The van der Waals surface area contributed by atoms with Crippen molar-refractivity contribution in [3.8, 4) is 5.88 Å². The minimum atomic E-state index is -0.284. The van der Waals surface area contributed by atoms with Crippen LogP contribution in [-0.4, -0.2) is 31.2 Å². The fraction of sp³-hybridized carbons (Fsp3) is 0.455. The molecule has 17 heavy (non-hydrogen) atoms. The fourth-order valence-corrected chi connectivity index (χ4v) is 1.41. The van der Waals surface area contributed by atoms with Crippen LogP contribution >= 0.6 is 11.6 Å². The van der Waals surface area contributed by atoms with E-state index in [2.05, 4.69) is 10.3 Å². The third kappa shape index (κ3) is 4.58. The van der Waals surface area contributed by atoms with Crippen LogP contribution in [0.25, 0.3) is 0 Å². The number of rotatable bonds is 6. The van der Waals surface area contributed by atoms with Crippen molar-refractivity contribution in [1.29, 1.82) is 0 Å². The second-order valence-electron chi connectivity index (χ2n) is 3.21. The van der Waals surface area contributed by atoms with Crippen molar-refractivity contribution in [2.24, 2.45) is 0 Å². The van der Waals surface area contributed by atoms with Gasteiger partial charge in [0.2, 0.25) is 5.88 Å². The Bertz CT molecular complexity index is 385. The molecule has 0 radical (unpaired) electrons. The first kappa shape index (κ1) is 13.7. The maximum Gasteiger partial charge on any atom is 0.319 e. The van der Waals surface area contributed by atoms with Gasteiger partial charge in [0.15, 0.2) is 0 Å². The molecule has 0 amide bonds. The van der Waals surface area contributed by atoms with Crippen molar-refractivity contribution in [2.75, 3.05) is 20.3 Å². The topological polar surface area (TPSA) is 60.5 Å². The van der Waals surface area contributed by atoms with Crippen molar-refractivity contribution in [2.45, 2.75) is 13.5 Å². The van der Waals surface area contributed by atoms with Gasteiger partial charge >= 0.3 is 5.97 Å². The van der Waals surface area contributed by atoms with E-state index in [1.165, 1.54) is 7.11 Å². The second kappa shape index (κ2) is 7.09. The van der Waals surface area contributed by atoms with Gasteiger partial charge in [-0.25, -0.2) is 4.98 Å². The number of nitrogens with zero attached hydrogens (tertiary/aromatic N) is 1. The molecule has 1 heterocycles. The minimum Gasteiger partial charge on any atom is -0.481 e. The van der Waals surface area contributed by atoms with Gasteiger partial charge in [-0.15, -0.1) is 0 Å². The molecule has 0 aliphatic carbocycles. The van der Waals surface area contributed by atoms with Crippen molar-refractivity contribution in [1.82, 2.24) is 10.3 Å². The average molecular weight is 259 g/mol. The molecular weight excluding hydrogens is 244 g/mol. The number of hydrogen-bond acceptors (Lipinski definition) is 5. The highest BCUT2D eigenvalue weighted by Crippen LogP contribution is 2.17. The second-order valence-corrected chi connectivity index (χ2v) is 3.60. The maximum atomic E-state index is 11.1. The maximum absolute atomic E-state index is 11.1. The number of halogens is 1. The quantitative estimate of drug-likeness (QED) is 0.617. The van der Waals surface area contributed by atoms with Crippen LogP contribution in [-0.2, 0) is 16.1 Å². The summed E-state index contributed by atoms with van der Waals surface area (Å²) in [6.45, 7) is 2.77. The van der Waals surface area contributed by atoms with Crippen LogP contribution in [0.15, 0.2) is 12.1 Å². The summed E-state index contributed by atoms with van der Waals surface area (Å²) < 4.78 is 9.87. The van der Waals surface area contributed by atoms with Crippen LogP contribution < -0.4 is 10.1 Å². The third-order valence-corrected chi connectivity index (χ3v) is 2.20. The summed E-state index contributed by atoms with van der Waals surface area (Å²) in [6.07, 6.45) is 0. The minimum absolute atomic E-state index is 0.152. The Balaban J connectivity index is 2.49. The third-order valence-electron chi connectivity index (χ3n) is 1.99. The molecule has 6 heteroatoms. The summed E-state index contributed by atoms with van der Waals surface area (Å²) in [4.78, 5) is 15.1. The SMILES string of the molecule is CCOC(=O)CNCc1ccc(Cl)nc1OC. The van der Waals surface area contributed by atoms with E-state index in [-0.39, 0.29) is 12.5 Å². The number of aromatic nitrogens is 1. The first-order valence-corrected chi connectivity index (χ1v) is 5.61. The van der Waals surface area contributed by atoms with Crippen molar-refractivity contribution >= 4 is 17.6 Å². The zero-order valence-electron chi connectivity index (χ0n) is 9.83. The summed E-state index contributed by atoms with van der Waals surface area (Å²) in [5, 5.41) is 3.31.